The Morgan fingerprint density at radius 3 is 1.65 bits per heavy atom. The first-order chi connectivity index (χ1) is 21.0. The first-order valence-corrected chi connectivity index (χ1v) is 18.3. The monoisotopic (exact) mass is 614 g/mol. The average molecular weight is 614 g/mol. The van der Waals surface area contributed by atoms with Crippen LogP contribution in [0, 0.1) is 5.92 Å². The molecule has 0 saturated carbocycles. The number of ether oxygens (including phenoxy) is 2. The molecule has 0 fully saturated rings. The van der Waals surface area contributed by atoms with Gasteiger partial charge in [-0.25, -0.2) is 4.79 Å². The highest BCUT2D eigenvalue weighted by Gasteiger charge is 2.14. The van der Waals surface area contributed by atoms with Crippen molar-refractivity contribution in [3.63, 3.8) is 0 Å². The Balaban J connectivity index is 4.13. The van der Waals surface area contributed by atoms with Crippen LogP contribution >= 0.6 is 0 Å². The van der Waals surface area contributed by atoms with Gasteiger partial charge in [0.1, 0.15) is 6.10 Å². The number of hydrogen-bond acceptors (Lipinski definition) is 6. The summed E-state index contributed by atoms with van der Waals surface area (Å²) in [6, 6.07) is 0. The standard InChI is InChI=1S/C36H71NO6/c1-4-7-9-11-14-18-25-34(26-19-15-12-10-8-5-2)43-35(39)27-20-16-13-17-22-28-37(30-31-38)29-23-21-24-33(6-3)32-42-36(40)41/h33-34,38H,4-32H2,1-3H3,(H,40,41). The maximum atomic E-state index is 12.6. The lowest BCUT2D eigenvalue weighted by Crippen LogP contribution is -2.29. The first-order valence-electron chi connectivity index (χ1n) is 18.3. The summed E-state index contributed by atoms with van der Waals surface area (Å²) in [6.07, 6.45) is 26.1. The molecule has 0 radical (unpaired) electrons. The number of aliphatic hydroxyl groups is 1. The van der Waals surface area contributed by atoms with E-state index >= 15 is 0 Å². The topological polar surface area (TPSA) is 96.3 Å². The van der Waals surface area contributed by atoms with E-state index < -0.39 is 6.16 Å². The van der Waals surface area contributed by atoms with Crippen LogP contribution in [0.5, 0.6) is 0 Å². The first kappa shape index (κ1) is 41.7. The largest absolute Gasteiger partial charge is 0.505 e. The molecule has 0 aliphatic rings. The fourth-order valence-electron chi connectivity index (χ4n) is 5.79. The van der Waals surface area contributed by atoms with E-state index in [0.717, 1.165) is 83.7 Å². The van der Waals surface area contributed by atoms with Gasteiger partial charge in [0.25, 0.3) is 0 Å². The number of carbonyl (C=O) groups is 2. The second-order valence-electron chi connectivity index (χ2n) is 12.7. The Morgan fingerprint density at radius 2 is 1.12 bits per heavy atom. The van der Waals surface area contributed by atoms with Crippen molar-refractivity contribution < 1.29 is 29.3 Å². The number of carbonyl (C=O) groups excluding carboxylic acids is 1. The van der Waals surface area contributed by atoms with Gasteiger partial charge in [-0.3, -0.25) is 4.79 Å². The fraction of sp³-hybridized carbons (Fsp3) is 0.944. The fourth-order valence-corrected chi connectivity index (χ4v) is 5.79. The van der Waals surface area contributed by atoms with Crippen LogP contribution in [0.25, 0.3) is 0 Å². The van der Waals surface area contributed by atoms with Crippen LogP contribution in [0.15, 0.2) is 0 Å². The Hall–Kier alpha value is -1.34. The molecule has 2 N–H and O–H groups in total. The maximum absolute atomic E-state index is 12.6. The van der Waals surface area contributed by atoms with Crippen molar-refractivity contribution in [1.82, 2.24) is 4.90 Å². The highest BCUT2D eigenvalue weighted by atomic mass is 16.7. The summed E-state index contributed by atoms with van der Waals surface area (Å²) in [5.74, 6) is 0.280. The summed E-state index contributed by atoms with van der Waals surface area (Å²) in [4.78, 5) is 25.6. The Bertz CT molecular complexity index is 601. The smallest absolute Gasteiger partial charge is 0.462 e. The summed E-state index contributed by atoms with van der Waals surface area (Å²) in [7, 11) is 0. The van der Waals surface area contributed by atoms with E-state index in [2.05, 4.69) is 25.7 Å². The molecule has 256 valence electrons. The molecule has 0 heterocycles. The summed E-state index contributed by atoms with van der Waals surface area (Å²) in [6.45, 7) is 9.67. The van der Waals surface area contributed by atoms with Crippen LogP contribution in [-0.4, -0.2) is 66.2 Å². The predicted molar refractivity (Wildman–Crippen MR) is 179 cm³/mol. The van der Waals surface area contributed by atoms with Crippen molar-refractivity contribution in [3.05, 3.63) is 0 Å². The normalized spacial score (nSPS) is 12.2. The van der Waals surface area contributed by atoms with Crippen molar-refractivity contribution in [2.75, 3.05) is 32.8 Å². The van der Waals surface area contributed by atoms with Gasteiger partial charge in [-0.15, -0.1) is 0 Å². The lowest BCUT2D eigenvalue weighted by molar-refractivity contribution is -0.150. The Morgan fingerprint density at radius 1 is 0.628 bits per heavy atom. The number of nitrogens with zero attached hydrogens (tertiary/aromatic N) is 1. The van der Waals surface area contributed by atoms with Gasteiger partial charge in [0, 0.05) is 13.0 Å². The van der Waals surface area contributed by atoms with Gasteiger partial charge in [-0.05, 0) is 70.4 Å². The molecule has 0 spiro atoms. The van der Waals surface area contributed by atoms with Gasteiger partial charge < -0.3 is 24.6 Å². The zero-order valence-corrected chi connectivity index (χ0v) is 28.6. The van der Waals surface area contributed by atoms with Crippen molar-refractivity contribution in [3.8, 4) is 0 Å². The highest BCUT2D eigenvalue weighted by molar-refractivity contribution is 5.69. The van der Waals surface area contributed by atoms with Crippen molar-refractivity contribution >= 4 is 12.1 Å². The SMILES string of the molecule is CCCCCCCCC(CCCCCCCC)OC(=O)CCCCCCCN(CCO)CCCCC(CC)COC(=O)O. The molecular formula is C36H71NO6. The molecule has 43 heavy (non-hydrogen) atoms. The summed E-state index contributed by atoms with van der Waals surface area (Å²) >= 11 is 0. The lowest BCUT2D eigenvalue weighted by atomic mass is 10.00. The van der Waals surface area contributed by atoms with Crippen LogP contribution in [0.3, 0.4) is 0 Å². The van der Waals surface area contributed by atoms with Gasteiger partial charge in [-0.2, -0.15) is 0 Å². The number of aliphatic hydroxyl groups excluding tert-OH is 1. The minimum atomic E-state index is -1.20. The molecule has 1 unspecified atom stereocenters. The van der Waals surface area contributed by atoms with Crippen LogP contribution in [0.4, 0.5) is 4.79 Å². The predicted octanol–water partition coefficient (Wildman–Crippen LogP) is 9.93. The minimum Gasteiger partial charge on any atom is -0.462 e. The van der Waals surface area contributed by atoms with Crippen molar-refractivity contribution in [2.24, 2.45) is 5.92 Å². The molecule has 0 aliphatic heterocycles. The van der Waals surface area contributed by atoms with Crippen LogP contribution in [0.2, 0.25) is 0 Å². The third-order valence-corrected chi connectivity index (χ3v) is 8.69. The maximum Gasteiger partial charge on any atom is 0.505 e. The van der Waals surface area contributed by atoms with Crippen LogP contribution < -0.4 is 0 Å². The quantitative estimate of drug-likeness (QED) is 0.0561. The van der Waals surface area contributed by atoms with Gasteiger partial charge in [-0.1, -0.05) is 117 Å². The molecule has 0 aromatic heterocycles. The minimum absolute atomic E-state index is 0.00378. The Kier molecular flexibility index (Phi) is 31.1. The molecule has 0 aromatic rings. The summed E-state index contributed by atoms with van der Waals surface area (Å²) in [5, 5.41) is 18.2. The van der Waals surface area contributed by atoms with E-state index in [1.807, 2.05) is 0 Å². The number of unbranched alkanes of at least 4 members (excludes halogenated alkanes) is 15. The molecule has 7 nitrogen and oxygen atoms in total. The zero-order chi connectivity index (χ0) is 31.8. The number of hydrogen-bond donors (Lipinski definition) is 2. The van der Waals surface area contributed by atoms with Gasteiger partial charge in [0.2, 0.25) is 0 Å². The molecule has 7 heteroatoms. The second-order valence-corrected chi connectivity index (χ2v) is 12.7. The van der Waals surface area contributed by atoms with Gasteiger partial charge >= 0.3 is 12.1 Å². The van der Waals surface area contributed by atoms with E-state index in [4.69, 9.17) is 14.6 Å². The van der Waals surface area contributed by atoms with E-state index in [0.29, 0.717) is 13.0 Å². The molecule has 1 atom stereocenters. The van der Waals surface area contributed by atoms with Crippen molar-refractivity contribution in [2.45, 2.75) is 181 Å². The second kappa shape index (κ2) is 32.1. The van der Waals surface area contributed by atoms with E-state index in [-0.39, 0.29) is 31.2 Å². The molecule has 0 saturated heterocycles. The molecule has 0 rings (SSSR count). The number of esters is 1. The van der Waals surface area contributed by atoms with Gasteiger partial charge in [0.15, 0.2) is 0 Å². The van der Waals surface area contributed by atoms with Crippen LogP contribution in [-0.2, 0) is 14.3 Å². The average Bonchev–Trinajstić information content (AvgIpc) is 2.99. The summed E-state index contributed by atoms with van der Waals surface area (Å²) < 4.78 is 10.7. The van der Waals surface area contributed by atoms with Crippen LogP contribution in [0.1, 0.15) is 175 Å². The van der Waals surface area contributed by atoms with E-state index in [9.17, 15) is 14.7 Å². The third-order valence-electron chi connectivity index (χ3n) is 8.69. The van der Waals surface area contributed by atoms with E-state index in [1.54, 1.807) is 0 Å². The Labute approximate surface area is 265 Å². The third kappa shape index (κ3) is 29.1. The molecule has 0 bridgehead atoms. The number of rotatable bonds is 33. The highest BCUT2D eigenvalue weighted by Crippen LogP contribution is 2.18. The summed E-state index contributed by atoms with van der Waals surface area (Å²) in [5.41, 5.74) is 0. The molecular weight excluding hydrogens is 542 g/mol. The number of carboxylic acid groups (broad SMARTS) is 1. The lowest BCUT2D eigenvalue weighted by Gasteiger charge is -2.22. The zero-order valence-electron chi connectivity index (χ0n) is 28.6. The van der Waals surface area contributed by atoms with Crippen molar-refractivity contribution in [1.29, 1.82) is 0 Å². The molecule has 0 amide bonds. The van der Waals surface area contributed by atoms with Gasteiger partial charge in [0.05, 0.1) is 13.2 Å². The molecule has 0 aliphatic carbocycles. The van der Waals surface area contributed by atoms with E-state index in [1.165, 1.54) is 77.0 Å². The molecule has 0 aromatic carbocycles.